The second-order valence-electron chi connectivity index (χ2n) is 5.61. The van der Waals surface area contributed by atoms with Gasteiger partial charge in [-0.3, -0.25) is 4.79 Å². The van der Waals surface area contributed by atoms with Crippen LogP contribution in [0, 0.1) is 12.7 Å². The molecule has 0 spiro atoms. The van der Waals surface area contributed by atoms with Crippen LogP contribution in [0.15, 0.2) is 54.6 Å². The number of carbonyl (C=O) groups is 1. The van der Waals surface area contributed by atoms with Crippen molar-refractivity contribution in [2.45, 2.75) is 13.5 Å². The minimum atomic E-state index is -0.500. The summed E-state index contributed by atoms with van der Waals surface area (Å²) in [6, 6.07) is 15.4. The molecule has 6 heteroatoms. The monoisotopic (exact) mass is 339 g/mol. The number of nitrogens with one attached hydrogen (secondary N) is 1. The summed E-state index contributed by atoms with van der Waals surface area (Å²) >= 11 is 0. The van der Waals surface area contributed by atoms with Gasteiger partial charge in [0.25, 0.3) is 5.91 Å². The molecule has 3 aromatic rings. The standard InChI is InChI=1S/C19H18FN3O2/c1-13-10-18(23(22-13)12-14-6-4-3-5-7-14)21-19(24)16-11-15(20)8-9-17(16)25-2/h3-11H,12H2,1-2H3,(H,21,24). The Morgan fingerprint density at radius 3 is 2.68 bits per heavy atom. The van der Waals surface area contributed by atoms with Crippen LogP contribution in [0.1, 0.15) is 21.6 Å². The van der Waals surface area contributed by atoms with Crippen LogP contribution in [-0.4, -0.2) is 22.8 Å². The molecule has 0 radical (unpaired) electrons. The van der Waals surface area contributed by atoms with Gasteiger partial charge in [0.1, 0.15) is 17.4 Å². The van der Waals surface area contributed by atoms with Gasteiger partial charge < -0.3 is 10.1 Å². The Hall–Kier alpha value is -3.15. The number of hydrogen-bond donors (Lipinski definition) is 1. The Balaban J connectivity index is 1.86. The van der Waals surface area contributed by atoms with Crippen LogP contribution in [0.3, 0.4) is 0 Å². The van der Waals surface area contributed by atoms with Crippen LogP contribution < -0.4 is 10.1 Å². The fourth-order valence-corrected chi connectivity index (χ4v) is 2.56. The predicted octanol–water partition coefficient (Wildman–Crippen LogP) is 3.64. The number of benzene rings is 2. The number of ether oxygens (including phenoxy) is 1. The summed E-state index contributed by atoms with van der Waals surface area (Å²) in [4.78, 5) is 12.6. The van der Waals surface area contributed by atoms with Gasteiger partial charge in [0, 0.05) is 6.07 Å². The first-order valence-electron chi connectivity index (χ1n) is 7.80. The summed E-state index contributed by atoms with van der Waals surface area (Å²) in [5.41, 5.74) is 1.97. The molecule has 1 amide bonds. The zero-order chi connectivity index (χ0) is 17.8. The highest BCUT2D eigenvalue weighted by molar-refractivity contribution is 6.05. The molecular weight excluding hydrogens is 321 g/mol. The fraction of sp³-hybridized carbons (Fsp3) is 0.158. The van der Waals surface area contributed by atoms with Crippen molar-refractivity contribution in [3.05, 3.63) is 77.2 Å². The second-order valence-corrected chi connectivity index (χ2v) is 5.61. The van der Waals surface area contributed by atoms with E-state index in [0.717, 1.165) is 17.3 Å². The van der Waals surface area contributed by atoms with E-state index in [1.165, 1.54) is 19.2 Å². The Morgan fingerprint density at radius 2 is 1.96 bits per heavy atom. The average Bonchev–Trinajstić information content (AvgIpc) is 2.94. The lowest BCUT2D eigenvalue weighted by Gasteiger charge is -2.11. The minimum absolute atomic E-state index is 0.132. The molecule has 1 N–H and O–H groups in total. The number of carbonyl (C=O) groups excluding carboxylic acids is 1. The maximum absolute atomic E-state index is 13.5. The normalized spacial score (nSPS) is 10.5. The summed E-state index contributed by atoms with van der Waals surface area (Å²) < 4.78 is 20.3. The molecule has 2 aromatic carbocycles. The van der Waals surface area contributed by atoms with Crippen molar-refractivity contribution in [3.8, 4) is 5.75 Å². The topological polar surface area (TPSA) is 56.1 Å². The van der Waals surface area contributed by atoms with Gasteiger partial charge in [0.2, 0.25) is 0 Å². The first-order chi connectivity index (χ1) is 12.1. The number of nitrogens with zero attached hydrogens (tertiary/aromatic N) is 2. The molecule has 0 aliphatic carbocycles. The van der Waals surface area contributed by atoms with Crippen LogP contribution in [0.2, 0.25) is 0 Å². The third-order valence-corrected chi connectivity index (χ3v) is 3.73. The lowest BCUT2D eigenvalue weighted by Crippen LogP contribution is -2.17. The number of aryl methyl sites for hydroxylation is 1. The molecule has 5 nitrogen and oxygen atoms in total. The average molecular weight is 339 g/mol. The maximum atomic E-state index is 13.5. The molecule has 0 saturated carbocycles. The van der Waals surface area contributed by atoms with E-state index >= 15 is 0 Å². The highest BCUT2D eigenvalue weighted by atomic mass is 19.1. The number of hydrogen-bond acceptors (Lipinski definition) is 3. The molecule has 0 saturated heterocycles. The molecule has 0 aliphatic rings. The van der Waals surface area contributed by atoms with E-state index in [4.69, 9.17) is 4.74 Å². The lowest BCUT2D eigenvalue weighted by molar-refractivity contribution is 0.102. The van der Waals surface area contributed by atoms with E-state index in [1.807, 2.05) is 37.3 Å². The van der Waals surface area contributed by atoms with Crippen molar-refractivity contribution in [1.29, 1.82) is 0 Å². The number of rotatable bonds is 5. The summed E-state index contributed by atoms with van der Waals surface area (Å²) in [6.45, 7) is 2.37. The fourth-order valence-electron chi connectivity index (χ4n) is 2.56. The van der Waals surface area contributed by atoms with Crippen LogP contribution in [0.25, 0.3) is 0 Å². The SMILES string of the molecule is COc1ccc(F)cc1C(=O)Nc1cc(C)nn1Cc1ccccc1. The van der Waals surface area contributed by atoms with Gasteiger partial charge in [-0.05, 0) is 30.7 Å². The Morgan fingerprint density at radius 1 is 1.20 bits per heavy atom. The van der Waals surface area contributed by atoms with Crippen LogP contribution in [0.5, 0.6) is 5.75 Å². The molecule has 1 heterocycles. The lowest BCUT2D eigenvalue weighted by atomic mass is 10.2. The Kier molecular flexibility index (Phi) is 4.79. The number of halogens is 1. The number of anilines is 1. The van der Waals surface area contributed by atoms with E-state index < -0.39 is 11.7 Å². The molecule has 0 fully saturated rings. The smallest absolute Gasteiger partial charge is 0.260 e. The third kappa shape index (κ3) is 3.85. The quantitative estimate of drug-likeness (QED) is 0.772. The summed E-state index contributed by atoms with van der Waals surface area (Å²) in [5, 5.41) is 7.19. The number of aromatic nitrogens is 2. The first-order valence-corrected chi connectivity index (χ1v) is 7.80. The molecule has 0 aliphatic heterocycles. The number of methoxy groups -OCH3 is 1. The minimum Gasteiger partial charge on any atom is -0.496 e. The van der Waals surface area contributed by atoms with Gasteiger partial charge in [-0.25, -0.2) is 9.07 Å². The van der Waals surface area contributed by atoms with Crippen molar-refractivity contribution in [1.82, 2.24) is 9.78 Å². The zero-order valence-electron chi connectivity index (χ0n) is 14.0. The molecular formula is C19H18FN3O2. The molecule has 3 rings (SSSR count). The molecule has 25 heavy (non-hydrogen) atoms. The highest BCUT2D eigenvalue weighted by Crippen LogP contribution is 2.21. The largest absolute Gasteiger partial charge is 0.496 e. The van der Waals surface area contributed by atoms with E-state index in [1.54, 1.807) is 10.7 Å². The molecule has 0 bridgehead atoms. The molecule has 0 atom stereocenters. The maximum Gasteiger partial charge on any atom is 0.260 e. The van der Waals surface area contributed by atoms with Gasteiger partial charge in [-0.1, -0.05) is 30.3 Å². The zero-order valence-corrected chi connectivity index (χ0v) is 14.0. The van der Waals surface area contributed by atoms with E-state index in [0.29, 0.717) is 18.1 Å². The highest BCUT2D eigenvalue weighted by Gasteiger charge is 2.16. The van der Waals surface area contributed by atoms with Crippen LogP contribution in [-0.2, 0) is 6.54 Å². The number of amides is 1. The van der Waals surface area contributed by atoms with Gasteiger partial charge in [0.05, 0.1) is 24.9 Å². The van der Waals surface area contributed by atoms with Gasteiger partial charge >= 0.3 is 0 Å². The molecule has 1 aromatic heterocycles. The van der Waals surface area contributed by atoms with Crippen molar-refractivity contribution >= 4 is 11.7 Å². The Labute approximate surface area is 145 Å². The molecule has 128 valence electrons. The van der Waals surface area contributed by atoms with E-state index in [2.05, 4.69) is 10.4 Å². The first kappa shape index (κ1) is 16.7. The van der Waals surface area contributed by atoms with E-state index in [9.17, 15) is 9.18 Å². The third-order valence-electron chi connectivity index (χ3n) is 3.73. The van der Waals surface area contributed by atoms with Crippen molar-refractivity contribution in [2.75, 3.05) is 12.4 Å². The Bertz CT molecular complexity index is 891. The summed E-state index contributed by atoms with van der Waals surface area (Å²) in [5.74, 6) is -0.104. The van der Waals surface area contributed by atoms with Crippen LogP contribution in [0.4, 0.5) is 10.2 Å². The molecule has 0 unspecified atom stereocenters. The van der Waals surface area contributed by atoms with Gasteiger partial charge in [0.15, 0.2) is 0 Å². The van der Waals surface area contributed by atoms with Crippen LogP contribution >= 0.6 is 0 Å². The summed E-state index contributed by atoms with van der Waals surface area (Å²) in [7, 11) is 1.44. The second kappa shape index (κ2) is 7.17. The van der Waals surface area contributed by atoms with Gasteiger partial charge in [-0.15, -0.1) is 0 Å². The van der Waals surface area contributed by atoms with Crippen molar-refractivity contribution in [3.63, 3.8) is 0 Å². The van der Waals surface area contributed by atoms with Gasteiger partial charge in [-0.2, -0.15) is 5.10 Å². The predicted molar refractivity (Wildman–Crippen MR) is 93.4 cm³/mol. The van der Waals surface area contributed by atoms with Crippen molar-refractivity contribution < 1.29 is 13.9 Å². The van der Waals surface area contributed by atoms with E-state index in [-0.39, 0.29) is 5.56 Å². The summed E-state index contributed by atoms with van der Waals surface area (Å²) in [6.07, 6.45) is 0. The van der Waals surface area contributed by atoms with Crippen molar-refractivity contribution in [2.24, 2.45) is 0 Å².